The van der Waals surface area contributed by atoms with Crippen molar-refractivity contribution in [2.24, 2.45) is 0 Å². The fraction of sp³-hybridized carbons (Fsp3) is 0.115. The number of amides is 4. The van der Waals surface area contributed by atoms with Crippen LogP contribution in [0.5, 0.6) is 11.5 Å². The van der Waals surface area contributed by atoms with Gasteiger partial charge in [0, 0.05) is 23.8 Å². The van der Waals surface area contributed by atoms with Crippen molar-refractivity contribution < 1.29 is 28.8 Å². The number of rotatable bonds is 7. The lowest BCUT2D eigenvalue weighted by Gasteiger charge is -2.26. The molecule has 0 aliphatic carbocycles. The summed E-state index contributed by atoms with van der Waals surface area (Å²) in [6, 6.07) is 16.6. The van der Waals surface area contributed by atoms with E-state index in [4.69, 9.17) is 9.47 Å². The van der Waals surface area contributed by atoms with Crippen LogP contribution in [-0.4, -0.2) is 29.9 Å². The Morgan fingerprint density at radius 2 is 1.69 bits per heavy atom. The van der Waals surface area contributed by atoms with Crippen LogP contribution in [0.1, 0.15) is 16.7 Å². The number of nitro benzene ring substituents is 1. The number of hydrogen-bond donors (Lipinski definition) is 1. The summed E-state index contributed by atoms with van der Waals surface area (Å²) < 4.78 is 11.2. The van der Waals surface area contributed by atoms with Crippen LogP contribution in [0, 0.1) is 17.0 Å². The van der Waals surface area contributed by atoms with Crippen molar-refractivity contribution >= 4 is 35.3 Å². The molecule has 3 aromatic carbocycles. The zero-order valence-electron chi connectivity index (χ0n) is 19.4. The van der Waals surface area contributed by atoms with Gasteiger partial charge in [-0.2, -0.15) is 0 Å². The number of methoxy groups -OCH3 is 1. The molecule has 1 heterocycles. The van der Waals surface area contributed by atoms with Crippen molar-refractivity contribution in [2.45, 2.75) is 13.5 Å². The first-order valence-electron chi connectivity index (χ1n) is 10.8. The van der Waals surface area contributed by atoms with Gasteiger partial charge in [0.15, 0.2) is 0 Å². The zero-order chi connectivity index (χ0) is 25.8. The number of non-ortho nitro benzene ring substituents is 1. The molecule has 182 valence electrons. The van der Waals surface area contributed by atoms with E-state index in [9.17, 15) is 24.5 Å². The van der Waals surface area contributed by atoms with Crippen molar-refractivity contribution in [3.63, 3.8) is 0 Å². The molecule has 0 saturated carbocycles. The average molecular weight is 487 g/mol. The van der Waals surface area contributed by atoms with E-state index in [0.29, 0.717) is 28.3 Å². The van der Waals surface area contributed by atoms with Crippen molar-refractivity contribution in [1.82, 2.24) is 5.32 Å². The predicted octanol–water partition coefficient (Wildman–Crippen LogP) is 4.16. The van der Waals surface area contributed by atoms with Crippen LogP contribution in [0.3, 0.4) is 0 Å². The third-order valence-electron chi connectivity index (χ3n) is 5.46. The van der Waals surface area contributed by atoms with E-state index >= 15 is 0 Å². The molecule has 0 spiro atoms. The number of hydrogen-bond acceptors (Lipinski definition) is 7. The van der Waals surface area contributed by atoms with Gasteiger partial charge in [-0.1, -0.05) is 17.7 Å². The molecule has 1 N–H and O–H groups in total. The first-order chi connectivity index (χ1) is 17.3. The molecule has 1 saturated heterocycles. The number of ether oxygens (including phenoxy) is 2. The summed E-state index contributed by atoms with van der Waals surface area (Å²) in [5, 5.41) is 13.1. The maximum Gasteiger partial charge on any atom is 0.335 e. The molecule has 4 rings (SSSR count). The van der Waals surface area contributed by atoms with Gasteiger partial charge in [-0.05, 0) is 55.0 Å². The van der Waals surface area contributed by atoms with E-state index < -0.39 is 22.8 Å². The Balaban J connectivity index is 1.65. The number of imide groups is 2. The Hall–Kier alpha value is -4.99. The van der Waals surface area contributed by atoms with Gasteiger partial charge in [-0.25, -0.2) is 9.69 Å². The predicted molar refractivity (Wildman–Crippen MR) is 131 cm³/mol. The van der Waals surface area contributed by atoms with Gasteiger partial charge >= 0.3 is 6.03 Å². The third-order valence-corrected chi connectivity index (χ3v) is 5.46. The smallest absolute Gasteiger partial charge is 0.335 e. The zero-order valence-corrected chi connectivity index (χ0v) is 19.4. The molecule has 1 aliphatic rings. The average Bonchev–Trinajstić information content (AvgIpc) is 2.87. The van der Waals surface area contributed by atoms with Gasteiger partial charge in [-0.3, -0.25) is 25.0 Å². The van der Waals surface area contributed by atoms with E-state index in [1.165, 1.54) is 25.3 Å². The fourth-order valence-electron chi connectivity index (χ4n) is 3.50. The van der Waals surface area contributed by atoms with Crippen molar-refractivity contribution in [2.75, 3.05) is 12.0 Å². The number of nitro groups is 1. The number of carbonyl (C=O) groups is 3. The van der Waals surface area contributed by atoms with Gasteiger partial charge < -0.3 is 9.47 Å². The van der Waals surface area contributed by atoms with Gasteiger partial charge in [0.2, 0.25) is 0 Å². The maximum absolute atomic E-state index is 13.2. The first kappa shape index (κ1) is 24.1. The summed E-state index contributed by atoms with van der Waals surface area (Å²) in [4.78, 5) is 49.5. The summed E-state index contributed by atoms with van der Waals surface area (Å²) in [5.74, 6) is -0.818. The van der Waals surface area contributed by atoms with Crippen LogP contribution < -0.4 is 19.7 Å². The van der Waals surface area contributed by atoms with Gasteiger partial charge in [0.25, 0.3) is 17.5 Å². The Morgan fingerprint density at radius 3 is 2.33 bits per heavy atom. The van der Waals surface area contributed by atoms with Crippen LogP contribution in [0.15, 0.2) is 72.3 Å². The normalized spacial score (nSPS) is 14.6. The second kappa shape index (κ2) is 10.1. The van der Waals surface area contributed by atoms with Crippen LogP contribution >= 0.6 is 0 Å². The van der Waals surface area contributed by atoms with Crippen LogP contribution in [0.4, 0.5) is 16.2 Å². The topological polar surface area (TPSA) is 128 Å². The number of urea groups is 1. The van der Waals surface area contributed by atoms with E-state index in [2.05, 4.69) is 5.32 Å². The second-order valence-corrected chi connectivity index (χ2v) is 7.91. The number of benzene rings is 3. The first-order valence-corrected chi connectivity index (χ1v) is 10.8. The molecule has 10 heteroatoms. The lowest BCUT2D eigenvalue weighted by molar-refractivity contribution is -0.384. The molecular weight excluding hydrogens is 466 g/mol. The molecule has 36 heavy (non-hydrogen) atoms. The lowest BCUT2D eigenvalue weighted by Crippen LogP contribution is -2.54. The summed E-state index contributed by atoms with van der Waals surface area (Å²) in [5.41, 5.74) is 2.05. The highest BCUT2D eigenvalue weighted by Crippen LogP contribution is 2.30. The number of barbiturate groups is 1. The quantitative estimate of drug-likeness (QED) is 0.229. The van der Waals surface area contributed by atoms with E-state index in [0.717, 1.165) is 10.5 Å². The Morgan fingerprint density at radius 1 is 1.00 bits per heavy atom. The molecule has 4 amide bonds. The number of aryl methyl sites for hydroxylation is 1. The lowest BCUT2D eigenvalue weighted by atomic mass is 10.1. The van der Waals surface area contributed by atoms with Crippen molar-refractivity contribution in [1.29, 1.82) is 0 Å². The summed E-state index contributed by atoms with van der Waals surface area (Å²) in [6.45, 7) is 1.94. The van der Waals surface area contributed by atoms with Crippen molar-refractivity contribution in [3.05, 3.63) is 99.1 Å². The number of carbonyl (C=O) groups excluding carboxylic acids is 3. The number of nitrogens with zero attached hydrogens (tertiary/aromatic N) is 2. The van der Waals surface area contributed by atoms with E-state index in [1.807, 2.05) is 6.92 Å². The van der Waals surface area contributed by atoms with Gasteiger partial charge in [0.1, 0.15) is 23.7 Å². The maximum atomic E-state index is 13.2. The highest BCUT2D eigenvalue weighted by atomic mass is 16.6. The molecule has 0 aromatic heterocycles. The number of nitrogens with one attached hydrogen (secondary N) is 1. The van der Waals surface area contributed by atoms with Crippen LogP contribution in [-0.2, 0) is 16.2 Å². The Kier molecular flexibility index (Phi) is 6.77. The Labute approximate surface area is 205 Å². The van der Waals surface area contributed by atoms with Crippen LogP contribution in [0.2, 0.25) is 0 Å². The van der Waals surface area contributed by atoms with Crippen LogP contribution in [0.25, 0.3) is 6.08 Å². The molecule has 0 radical (unpaired) electrons. The highest BCUT2D eigenvalue weighted by molar-refractivity contribution is 6.39. The minimum atomic E-state index is -0.838. The third kappa shape index (κ3) is 5.07. The summed E-state index contributed by atoms with van der Waals surface area (Å²) >= 11 is 0. The highest BCUT2D eigenvalue weighted by Gasteiger charge is 2.37. The fourth-order valence-corrected chi connectivity index (χ4v) is 3.50. The Bertz CT molecular complexity index is 1380. The molecule has 0 unspecified atom stereocenters. The van der Waals surface area contributed by atoms with Crippen molar-refractivity contribution in [3.8, 4) is 11.5 Å². The van der Waals surface area contributed by atoms with Gasteiger partial charge in [-0.15, -0.1) is 0 Å². The molecule has 0 bridgehead atoms. The molecule has 3 aromatic rings. The monoisotopic (exact) mass is 487 g/mol. The molecule has 0 atom stereocenters. The standard InChI is InChI=1S/C26H21N3O7/c1-16-3-8-19(9-4-16)28-25(31)22(24(30)27-26(28)32)13-18-7-12-21(35-2)14-23(18)36-15-17-5-10-20(11-6-17)29(33)34/h3-14H,15H2,1-2H3,(H,27,30,32)/b22-13+. The summed E-state index contributed by atoms with van der Waals surface area (Å²) in [7, 11) is 1.48. The molecule has 10 nitrogen and oxygen atoms in total. The van der Waals surface area contributed by atoms with E-state index in [1.54, 1.807) is 54.6 Å². The molecular formula is C26H21N3O7. The van der Waals surface area contributed by atoms with E-state index in [-0.39, 0.29) is 17.9 Å². The molecule has 1 fully saturated rings. The van der Waals surface area contributed by atoms with Gasteiger partial charge in [0.05, 0.1) is 17.7 Å². The number of anilines is 1. The largest absolute Gasteiger partial charge is 0.497 e. The summed E-state index contributed by atoms with van der Waals surface area (Å²) in [6.07, 6.45) is 1.34. The molecule has 1 aliphatic heterocycles. The SMILES string of the molecule is COc1ccc(/C=C2\C(=O)NC(=O)N(c3ccc(C)cc3)C2=O)c(OCc2ccc([N+](=O)[O-])cc2)c1. The minimum Gasteiger partial charge on any atom is -0.497 e. The second-order valence-electron chi connectivity index (χ2n) is 7.91. The minimum absolute atomic E-state index is 0.0416.